The van der Waals surface area contributed by atoms with Gasteiger partial charge in [0.05, 0.1) is 18.9 Å². The van der Waals surface area contributed by atoms with E-state index in [0.29, 0.717) is 29.0 Å². The van der Waals surface area contributed by atoms with Gasteiger partial charge in [-0.25, -0.2) is 0 Å². The molecule has 1 saturated heterocycles. The summed E-state index contributed by atoms with van der Waals surface area (Å²) in [6.45, 7) is -0.286. The normalized spacial score (nSPS) is 32.1. The summed E-state index contributed by atoms with van der Waals surface area (Å²) in [4.78, 5) is 39.9. The number of nitrogens with one attached hydrogen (secondary N) is 1. The van der Waals surface area contributed by atoms with Crippen molar-refractivity contribution in [2.45, 2.75) is 6.42 Å². The van der Waals surface area contributed by atoms with Crippen molar-refractivity contribution < 1.29 is 19.1 Å². The molecule has 1 N–H and O–H groups in total. The van der Waals surface area contributed by atoms with E-state index >= 15 is 0 Å². The second kappa shape index (κ2) is 6.47. The Hall–Kier alpha value is -3.56. The summed E-state index contributed by atoms with van der Waals surface area (Å²) < 4.78 is 6.74. The zero-order chi connectivity index (χ0) is 21.3. The van der Waals surface area contributed by atoms with Crippen molar-refractivity contribution in [3.05, 3.63) is 36.7 Å². The summed E-state index contributed by atoms with van der Waals surface area (Å²) in [5, 5.41) is 13.8. The number of rotatable bonds is 5. The zero-order valence-electron chi connectivity index (χ0n) is 16.7. The number of methoxy groups -OCH3 is 1. The minimum Gasteiger partial charge on any atom is -0.494 e. The Kier molecular flexibility index (Phi) is 3.80. The fraction of sp³-hybridized carbons (Fsp3) is 0.429. The van der Waals surface area contributed by atoms with Gasteiger partial charge in [0.1, 0.15) is 24.3 Å². The molecular weight excluding hydrogens is 400 g/mol. The van der Waals surface area contributed by atoms with Crippen LogP contribution >= 0.6 is 0 Å². The SMILES string of the molecule is COc1ccc(NC(=O)CN2C(=O)[C@H]3[C@@H]4C=C[C@@H]([C@H]5C[C@H]45)[C@@H]3C2=O)cc1-n1cnnn1. The van der Waals surface area contributed by atoms with Gasteiger partial charge in [0, 0.05) is 5.69 Å². The van der Waals surface area contributed by atoms with Crippen LogP contribution in [0.1, 0.15) is 6.42 Å². The third-order valence-electron chi connectivity index (χ3n) is 7.11. The molecule has 2 aromatic rings. The molecule has 2 bridgehead atoms. The number of allylic oxidation sites excluding steroid dienone is 2. The third-order valence-corrected chi connectivity index (χ3v) is 7.11. The molecule has 31 heavy (non-hydrogen) atoms. The Balaban J connectivity index is 1.19. The summed E-state index contributed by atoms with van der Waals surface area (Å²) in [7, 11) is 1.53. The van der Waals surface area contributed by atoms with Crippen molar-refractivity contribution in [2.24, 2.45) is 35.5 Å². The van der Waals surface area contributed by atoms with Crippen molar-refractivity contribution in [3.63, 3.8) is 0 Å². The van der Waals surface area contributed by atoms with Crippen molar-refractivity contribution in [1.82, 2.24) is 25.1 Å². The van der Waals surface area contributed by atoms with Gasteiger partial charge >= 0.3 is 0 Å². The number of carbonyl (C=O) groups excluding carboxylic acids is 3. The number of hydrogen-bond acceptors (Lipinski definition) is 7. The molecular formula is C21H20N6O4. The molecule has 10 nitrogen and oxygen atoms in total. The van der Waals surface area contributed by atoms with Crippen LogP contribution < -0.4 is 10.1 Å². The lowest BCUT2D eigenvalue weighted by atomic mass is 9.63. The quantitative estimate of drug-likeness (QED) is 0.557. The van der Waals surface area contributed by atoms with Gasteiger partial charge in [-0.15, -0.1) is 5.10 Å². The maximum absolute atomic E-state index is 13.0. The number of imide groups is 1. The van der Waals surface area contributed by atoms with Gasteiger partial charge in [0.15, 0.2) is 0 Å². The molecule has 0 spiro atoms. The number of tetrazole rings is 1. The number of aromatic nitrogens is 4. The van der Waals surface area contributed by atoms with E-state index in [1.807, 2.05) is 0 Å². The summed E-state index contributed by atoms with van der Waals surface area (Å²) in [6, 6.07) is 5.02. The van der Waals surface area contributed by atoms with Crippen LogP contribution in [0.3, 0.4) is 0 Å². The van der Waals surface area contributed by atoms with E-state index in [9.17, 15) is 14.4 Å². The van der Waals surface area contributed by atoms with Crippen LogP contribution in [-0.4, -0.2) is 56.5 Å². The van der Waals surface area contributed by atoms with E-state index in [0.717, 1.165) is 11.3 Å². The van der Waals surface area contributed by atoms with Gasteiger partial charge in [-0.2, -0.15) is 4.68 Å². The van der Waals surface area contributed by atoms with E-state index in [2.05, 4.69) is 33.0 Å². The molecule has 2 saturated carbocycles. The van der Waals surface area contributed by atoms with E-state index < -0.39 is 5.91 Å². The molecule has 10 heteroatoms. The monoisotopic (exact) mass is 420 g/mol. The Morgan fingerprint density at radius 3 is 2.48 bits per heavy atom. The highest BCUT2D eigenvalue weighted by Crippen LogP contribution is 2.65. The molecule has 7 rings (SSSR count). The van der Waals surface area contributed by atoms with Crippen molar-refractivity contribution in [3.8, 4) is 11.4 Å². The molecule has 3 amide bonds. The standard InChI is InChI=1S/C21H20N6O4/c1-31-16-5-2-10(6-15(16)27-9-22-24-25-27)23-17(28)8-26-20(29)18-11-3-4-12(14-7-13(11)14)19(18)21(26)30/h2-6,9,11-14,18-19H,7-8H2,1H3,(H,23,28)/t11-,12+,13-,14-,18+,19+/m1/s1. The van der Waals surface area contributed by atoms with E-state index in [-0.39, 0.29) is 42.0 Å². The number of carbonyl (C=O) groups is 3. The first-order valence-corrected chi connectivity index (χ1v) is 10.3. The minimum atomic E-state index is -0.432. The Labute approximate surface area is 177 Å². The first-order chi connectivity index (χ1) is 15.1. The molecule has 3 fully saturated rings. The average molecular weight is 420 g/mol. The maximum atomic E-state index is 13.0. The number of benzene rings is 1. The molecule has 1 aromatic carbocycles. The lowest BCUT2D eigenvalue weighted by Gasteiger charge is -2.37. The van der Waals surface area contributed by atoms with Gasteiger partial charge in [-0.1, -0.05) is 12.2 Å². The van der Waals surface area contributed by atoms with Crippen molar-refractivity contribution in [2.75, 3.05) is 19.0 Å². The second-order valence-corrected chi connectivity index (χ2v) is 8.61. The maximum Gasteiger partial charge on any atom is 0.244 e. The topological polar surface area (TPSA) is 119 Å². The van der Waals surface area contributed by atoms with Crippen LogP contribution in [0, 0.1) is 35.5 Å². The highest BCUT2D eigenvalue weighted by molar-refractivity contribution is 6.09. The Morgan fingerprint density at radius 2 is 1.87 bits per heavy atom. The molecule has 2 heterocycles. The molecule has 1 aromatic heterocycles. The van der Waals surface area contributed by atoms with Gasteiger partial charge in [-0.3, -0.25) is 19.3 Å². The summed E-state index contributed by atoms with van der Waals surface area (Å²) in [5.74, 6) is 0.432. The largest absolute Gasteiger partial charge is 0.494 e. The molecule has 6 atom stereocenters. The summed E-state index contributed by atoms with van der Waals surface area (Å²) in [6.07, 6.45) is 6.76. The number of amides is 3. The van der Waals surface area contributed by atoms with Crippen LogP contribution in [0.4, 0.5) is 5.69 Å². The number of anilines is 1. The Morgan fingerprint density at radius 1 is 1.16 bits per heavy atom. The zero-order valence-corrected chi connectivity index (χ0v) is 16.7. The molecule has 4 aliphatic carbocycles. The van der Waals surface area contributed by atoms with Gasteiger partial charge in [-0.05, 0) is 58.7 Å². The van der Waals surface area contributed by atoms with Crippen molar-refractivity contribution >= 4 is 23.4 Å². The highest BCUT2D eigenvalue weighted by Gasteiger charge is 2.67. The van der Waals surface area contributed by atoms with Crippen LogP contribution in [0.25, 0.3) is 5.69 Å². The average Bonchev–Trinajstić information content (AvgIpc) is 3.36. The van der Waals surface area contributed by atoms with Crippen LogP contribution in [-0.2, 0) is 14.4 Å². The van der Waals surface area contributed by atoms with Crippen LogP contribution in [0.15, 0.2) is 36.7 Å². The lowest BCUT2D eigenvalue weighted by Crippen LogP contribution is -2.40. The number of likely N-dealkylation sites (tertiary alicyclic amines) is 1. The fourth-order valence-corrected chi connectivity index (χ4v) is 5.74. The molecule has 0 radical (unpaired) electrons. The van der Waals surface area contributed by atoms with E-state index in [1.54, 1.807) is 18.2 Å². The van der Waals surface area contributed by atoms with Crippen LogP contribution in [0.2, 0.25) is 0 Å². The fourth-order valence-electron chi connectivity index (χ4n) is 5.74. The molecule has 158 valence electrons. The number of ether oxygens (including phenoxy) is 1. The highest BCUT2D eigenvalue weighted by atomic mass is 16.5. The predicted octanol–water partition coefficient (Wildman–Crippen LogP) is 0.662. The molecule has 0 unspecified atom stereocenters. The van der Waals surface area contributed by atoms with Gasteiger partial charge < -0.3 is 10.1 Å². The van der Waals surface area contributed by atoms with Gasteiger partial charge in [0.25, 0.3) is 0 Å². The Bertz CT molecular complexity index is 1090. The lowest BCUT2D eigenvalue weighted by molar-refractivity contribution is -0.142. The molecule has 1 aliphatic heterocycles. The van der Waals surface area contributed by atoms with E-state index in [1.165, 1.54) is 18.1 Å². The van der Waals surface area contributed by atoms with E-state index in [4.69, 9.17) is 4.74 Å². The minimum absolute atomic E-state index is 0.143. The number of nitrogens with zero attached hydrogens (tertiary/aromatic N) is 5. The number of hydrogen-bond donors (Lipinski definition) is 1. The molecule has 5 aliphatic rings. The van der Waals surface area contributed by atoms with Gasteiger partial charge in [0.2, 0.25) is 17.7 Å². The van der Waals surface area contributed by atoms with Crippen LogP contribution in [0.5, 0.6) is 5.75 Å². The predicted molar refractivity (Wildman–Crippen MR) is 106 cm³/mol. The first kappa shape index (κ1) is 18.2. The third kappa shape index (κ3) is 2.63. The summed E-state index contributed by atoms with van der Waals surface area (Å²) >= 11 is 0. The summed E-state index contributed by atoms with van der Waals surface area (Å²) in [5.41, 5.74) is 1.03. The first-order valence-electron chi connectivity index (χ1n) is 10.3. The van der Waals surface area contributed by atoms with Crippen molar-refractivity contribution in [1.29, 1.82) is 0 Å². The second-order valence-electron chi connectivity index (χ2n) is 8.61. The smallest absolute Gasteiger partial charge is 0.244 e.